The van der Waals surface area contributed by atoms with Crippen LogP contribution >= 0.6 is 0 Å². The summed E-state index contributed by atoms with van der Waals surface area (Å²) in [5.74, 6) is 0.622. The van der Waals surface area contributed by atoms with Gasteiger partial charge in [0.15, 0.2) is 5.78 Å². The molecule has 19 heavy (non-hydrogen) atoms. The van der Waals surface area contributed by atoms with Gasteiger partial charge in [-0.3, -0.25) is 4.79 Å². The number of ketones is 1. The molecule has 0 heterocycles. The lowest BCUT2D eigenvalue weighted by atomic mass is 9.91. The zero-order valence-electron chi connectivity index (χ0n) is 12.3. The van der Waals surface area contributed by atoms with Gasteiger partial charge in [-0.25, -0.2) is 0 Å². The van der Waals surface area contributed by atoms with Crippen molar-refractivity contribution in [2.75, 3.05) is 7.11 Å². The van der Waals surface area contributed by atoms with Gasteiger partial charge in [0.2, 0.25) is 0 Å². The Hall–Kier alpha value is -1.35. The molecular formula is C16H24O3. The lowest BCUT2D eigenvalue weighted by Gasteiger charge is -2.19. The fourth-order valence-corrected chi connectivity index (χ4v) is 2.34. The minimum absolute atomic E-state index is 0.0447. The van der Waals surface area contributed by atoms with Crippen LogP contribution in [0.2, 0.25) is 0 Å². The van der Waals surface area contributed by atoms with Crippen LogP contribution in [0.25, 0.3) is 0 Å². The molecule has 0 aliphatic rings. The van der Waals surface area contributed by atoms with Gasteiger partial charge in [0.1, 0.15) is 11.9 Å². The lowest BCUT2D eigenvalue weighted by Crippen LogP contribution is -2.30. The Morgan fingerprint density at radius 2 is 1.95 bits per heavy atom. The molecule has 3 heteroatoms. The number of rotatable bonds is 7. The van der Waals surface area contributed by atoms with Crippen molar-refractivity contribution in [2.24, 2.45) is 5.92 Å². The highest BCUT2D eigenvalue weighted by atomic mass is 16.5. The summed E-state index contributed by atoms with van der Waals surface area (Å²) in [5, 5.41) is 10.1. The number of aliphatic hydroxyl groups excluding tert-OH is 1. The van der Waals surface area contributed by atoms with Crippen LogP contribution in [0.3, 0.4) is 0 Å². The van der Waals surface area contributed by atoms with E-state index in [4.69, 9.17) is 4.74 Å². The summed E-state index contributed by atoms with van der Waals surface area (Å²) in [7, 11) is 1.59. The monoisotopic (exact) mass is 264 g/mol. The average Bonchev–Trinajstić information content (AvgIpc) is 2.40. The van der Waals surface area contributed by atoms with Gasteiger partial charge in [-0.05, 0) is 18.9 Å². The SMILES string of the molecule is CCC(CC)C(O)C(=O)Cc1cc(C)ccc1OC. The van der Waals surface area contributed by atoms with Gasteiger partial charge in [-0.2, -0.15) is 0 Å². The first-order valence-electron chi connectivity index (χ1n) is 6.87. The second-order valence-electron chi connectivity index (χ2n) is 4.98. The Morgan fingerprint density at radius 1 is 1.32 bits per heavy atom. The number of hydrogen-bond donors (Lipinski definition) is 1. The minimum atomic E-state index is -0.875. The maximum Gasteiger partial charge on any atom is 0.166 e. The Bertz CT molecular complexity index is 422. The summed E-state index contributed by atoms with van der Waals surface area (Å²) >= 11 is 0. The molecule has 3 nitrogen and oxygen atoms in total. The molecule has 1 rings (SSSR count). The van der Waals surface area contributed by atoms with Crippen LogP contribution in [0.15, 0.2) is 18.2 Å². The van der Waals surface area contributed by atoms with Crippen molar-refractivity contribution < 1.29 is 14.6 Å². The molecule has 0 saturated heterocycles. The predicted octanol–water partition coefficient (Wildman–Crippen LogP) is 2.91. The molecule has 0 spiro atoms. The maximum atomic E-state index is 12.1. The van der Waals surface area contributed by atoms with E-state index in [1.807, 2.05) is 39.0 Å². The van der Waals surface area contributed by atoms with Gasteiger partial charge in [-0.15, -0.1) is 0 Å². The van der Waals surface area contributed by atoms with E-state index in [0.29, 0.717) is 5.75 Å². The van der Waals surface area contributed by atoms with Gasteiger partial charge in [-0.1, -0.05) is 44.4 Å². The van der Waals surface area contributed by atoms with Crippen LogP contribution < -0.4 is 4.74 Å². The zero-order valence-corrected chi connectivity index (χ0v) is 12.3. The summed E-state index contributed by atoms with van der Waals surface area (Å²) in [4.78, 5) is 12.1. The molecule has 1 unspecified atom stereocenters. The lowest BCUT2D eigenvalue weighted by molar-refractivity contribution is -0.129. The number of carbonyl (C=O) groups is 1. The predicted molar refractivity (Wildman–Crippen MR) is 76.5 cm³/mol. The van der Waals surface area contributed by atoms with Crippen molar-refractivity contribution in [1.29, 1.82) is 0 Å². The van der Waals surface area contributed by atoms with Crippen LogP contribution in [0, 0.1) is 12.8 Å². The number of Topliss-reactive ketones (excluding diaryl/α,β-unsaturated/α-hetero) is 1. The molecule has 0 bridgehead atoms. The third kappa shape index (κ3) is 4.06. The van der Waals surface area contributed by atoms with E-state index in [1.54, 1.807) is 7.11 Å². The smallest absolute Gasteiger partial charge is 0.166 e. The number of aliphatic hydroxyl groups is 1. The maximum absolute atomic E-state index is 12.1. The van der Waals surface area contributed by atoms with Crippen molar-refractivity contribution in [3.63, 3.8) is 0 Å². The van der Waals surface area contributed by atoms with Gasteiger partial charge in [0.25, 0.3) is 0 Å². The summed E-state index contributed by atoms with van der Waals surface area (Å²) in [6.45, 7) is 5.97. The Morgan fingerprint density at radius 3 is 2.47 bits per heavy atom. The highest BCUT2D eigenvalue weighted by molar-refractivity contribution is 5.85. The van der Waals surface area contributed by atoms with E-state index in [0.717, 1.165) is 24.0 Å². The van der Waals surface area contributed by atoms with Crippen LogP contribution in [0.4, 0.5) is 0 Å². The van der Waals surface area contributed by atoms with E-state index < -0.39 is 6.10 Å². The summed E-state index contributed by atoms with van der Waals surface area (Å²) in [6.07, 6.45) is 0.978. The van der Waals surface area contributed by atoms with E-state index in [2.05, 4.69) is 0 Å². The molecule has 1 aromatic carbocycles. The molecule has 0 aromatic heterocycles. The van der Waals surface area contributed by atoms with Crippen LogP contribution in [0.5, 0.6) is 5.75 Å². The molecule has 1 N–H and O–H groups in total. The molecule has 1 aromatic rings. The highest BCUT2D eigenvalue weighted by Gasteiger charge is 2.24. The van der Waals surface area contributed by atoms with Crippen molar-refractivity contribution in [3.05, 3.63) is 29.3 Å². The Balaban J connectivity index is 2.84. The largest absolute Gasteiger partial charge is 0.496 e. The van der Waals surface area contributed by atoms with Crippen molar-refractivity contribution in [1.82, 2.24) is 0 Å². The molecule has 0 amide bonds. The third-order valence-electron chi connectivity index (χ3n) is 3.63. The quantitative estimate of drug-likeness (QED) is 0.823. The summed E-state index contributed by atoms with van der Waals surface area (Å²) < 4.78 is 5.26. The number of benzene rings is 1. The molecule has 0 saturated carbocycles. The number of hydrogen-bond acceptors (Lipinski definition) is 3. The first kappa shape index (κ1) is 15.7. The van der Waals surface area contributed by atoms with E-state index in [-0.39, 0.29) is 18.1 Å². The topological polar surface area (TPSA) is 46.5 Å². The summed E-state index contributed by atoms with van der Waals surface area (Å²) in [5.41, 5.74) is 1.93. The first-order chi connectivity index (χ1) is 9.03. The van der Waals surface area contributed by atoms with Crippen LogP contribution in [-0.4, -0.2) is 24.1 Å². The Kier molecular flexibility index (Phi) is 6.03. The number of carbonyl (C=O) groups excluding carboxylic acids is 1. The van der Waals surface area contributed by atoms with Gasteiger partial charge >= 0.3 is 0 Å². The van der Waals surface area contributed by atoms with Crippen molar-refractivity contribution in [2.45, 2.75) is 46.1 Å². The third-order valence-corrected chi connectivity index (χ3v) is 3.63. The fourth-order valence-electron chi connectivity index (χ4n) is 2.34. The van der Waals surface area contributed by atoms with E-state index in [9.17, 15) is 9.90 Å². The van der Waals surface area contributed by atoms with Gasteiger partial charge in [0.05, 0.1) is 7.11 Å². The Labute approximate surface area is 115 Å². The molecule has 0 aliphatic carbocycles. The van der Waals surface area contributed by atoms with Crippen LogP contribution in [-0.2, 0) is 11.2 Å². The average molecular weight is 264 g/mol. The highest BCUT2D eigenvalue weighted by Crippen LogP contribution is 2.22. The second-order valence-corrected chi connectivity index (χ2v) is 4.98. The first-order valence-corrected chi connectivity index (χ1v) is 6.87. The van der Waals surface area contributed by atoms with Crippen molar-refractivity contribution in [3.8, 4) is 5.75 Å². The van der Waals surface area contributed by atoms with E-state index in [1.165, 1.54) is 0 Å². The number of methoxy groups -OCH3 is 1. The van der Waals surface area contributed by atoms with Crippen LogP contribution in [0.1, 0.15) is 37.8 Å². The molecule has 0 radical (unpaired) electrons. The normalized spacial score (nSPS) is 12.5. The number of ether oxygens (including phenoxy) is 1. The van der Waals surface area contributed by atoms with Gasteiger partial charge in [0, 0.05) is 12.0 Å². The van der Waals surface area contributed by atoms with E-state index >= 15 is 0 Å². The van der Waals surface area contributed by atoms with Crippen molar-refractivity contribution >= 4 is 5.78 Å². The van der Waals surface area contributed by atoms with Gasteiger partial charge < -0.3 is 9.84 Å². The molecule has 0 aliphatic heterocycles. The molecular weight excluding hydrogens is 240 g/mol. The second kappa shape index (κ2) is 7.29. The minimum Gasteiger partial charge on any atom is -0.496 e. The molecule has 0 fully saturated rings. The molecule has 1 atom stereocenters. The molecule has 106 valence electrons. The summed E-state index contributed by atoms with van der Waals surface area (Å²) in [6, 6.07) is 5.75. The zero-order chi connectivity index (χ0) is 14.4. The number of aryl methyl sites for hydroxylation is 1. The standard InChI is InChI=1S/C16H24O3/c1-5-12(6-2)16(18)14(17)10-13-9-11(3)7-8-15(13)19-4/h7-9,12,16,18H,5-6,10H2,1-4H3. The fraction of sp³-hybridized carbons (Fsp3) is 0.562.